The Morgan fingerprint density at radius 2 is 2.00 bits per heavy atom. The molecule has 1 aromatic heterocycles. The highest BCUT2D eigenvalue weighted by molar-refractivity contribution is 5.78. The zero-order valence-corrected chi connectivity index (χ0v) is 18.4. The number of nitrogens with zero attached hydrogens (tertiary/aromatic N) is 3. The van der Waals surface area contributed by atoms with E-state index in [2.05, 4.69) is 60.4 Å². The first-order valence-corrected chi connectivity index (χ1v) is 11.2. The Hall–Kier alpha value is -2.21. The highest BCUT2D eigenvalue weighted by Crippen LogP contribution is 2.45. The minimum absolute atomic E-state index is 0.167. The molecule has 1 atom stereocenters. The van der Waals surface area contributed by atoms with Gasteiger partial charge in [0.15, 0.2) is 0 Å². The number of hydrogen-bond donors (Lipinski definition) is 1. The number of hydrogen-bond acceptors (Lipinski definition) is 4. The molecule has 0 spiro atoms. The van der Waals surface area contributed by atoms with Crippen LogP contribution < -0.4 is 5.32 Å². The summed E-state index contributed by atoms with van der Waals surface area (Å²) in [6.45, 7) is 7.13. The van der Waals surface area contributed by atoms with Gasteiger partial charge in [-0.2, -0.15) is 5.10 Å². The number of carbonyl (C=O) groups is 1. The van der Waals surface area contributed by atoms with Crippen LogP contribution in [0.2, 0.25) is 0 Å². The summed E-state index contributed by atoms with van der Waals surface area (Å²) >= 11 is 0. The zero-order chi connectivity index (χ0) is 21.2. The van der Waals surface area contributed by atoms with E-state index in [-0.39, 0.29) is 23.0 Å². The standard InChI is InChI=1S/C24H34N4O2/c1-18-6-4-5-7-21(18)24(12-13-30-23(2,3)15-24)14-22(29)27-19-8-10-20(11-9-19)28-17-25-16-26-28/h4-7,16-17,19-20H,8-15H2,1-3H3,(H,27,29). The first-order chi connectivity index (χ1) is 14.4. The topological polar surface area (TPSA) is 69.0 Å². The molecule has 1 unspecified atom stereocenters. The molecular formula is C24H34N4O2. The molecule has 1 saturated carbocycles. The molecule has 1 amide bonds. The average molecular weight is 411 g/mol. The van der Waals surface area contributed by atoms with Gasteiger partial charge < -0.3 is 10.1 Å². The number of nitrogens with one attached hydrogen (secondary N) is 1. The third-order valence-corrected chi connectivity index (χ3v) is 6.93. The molecule has 1 aliphatic heterocycles. The van der Waals surface area contributed by atoms with Crippen molar-refractivity contribution in [1.29, 1.82) is 0 Å². The lowest BCUT2D eigenvalue weighted by Gasteiger charge is -2.46. The third-order valence-electron chi connectivity index (χ3n) is 6.93. The van der Waals surface area contributed by atoms with Crippen LogP contribution in [0.15, 0.2) is 36.9 Å². The average Bonchev–Trinajstić information content (AvgIpc) is 3.23. The second kappa shape index (κ2) is 8.50. The van der Waals surface area contributed by atoms with Gasteiger partial charge in [0.2, 0.25) is 5.91 Å². The lowest BCUT2D eigenvalue weighted by Crippen LogP contribution is -2.48. The molecule has 0 radical (unpaired) electrons. The Morgan fingerprint density at radius 3 is 2.67 bits per heavy atom. The van der Waals surface area contributed by atoms with E-state index < -0.39 is 0 Å². The summed E-state index contributed by atoms with van der Waals surface area (Å²) in [5.74, 6) is 0.167. The van der Waals surface area contributed by atoms with Gasteiger partial charge in [-0.05, 0) is 70.4 Å². The van der Waals surface area contributed by atoms with Gasteiger partial charge >= 0.3 is 0 Å². The Balaban J connectivity index is 1.43. The van der Waals surface area contributed by atoms with Crippen LogP contribution in [0.25, 0.3) is 0 Å². The summed E-state index contributed by atoms with van der Waals surface area (Å²) in [5.41, 5.74) is 2.16. The van der Waals surface area contributed by atoms with E-state index in [1.54, 1.807) is 12.7 Å². The van der Waals surface area contributed by atoms with E-state index in [1.165, 1.54) is 11.1 Å². The van der Waals surface area contributed by atoms with E-state index in [0.717, 1.165) is 38.5 Å². The highest BCUT2D eigenvalue weighted by Gasteiger charge is 2.44. The molecule has 1 saturated heterocycles. The van der Waals surface area contributed by atoms with Gasteiger partial charge in [-0.1, -0.05) is 24.3 Å². The van der Waals surface area contributed by atoms with Gasteiger partial charge in [-0.15, -0.1) is 0 Å². The lowest BCUT2D eigenvalue weighted by molar-refractivity contribution is -0.127. The van der Waals surface area contributed by atoms with Gasteiger partial charge in [0.1, 0.15) is 12.7 Å². The van der Waals surface area contributed by atoms with Crippen molar-refractivity contribution in [2.45, 2.75) is 88.8 Å². The number of rotatable bonds is 5. The summed E-state index contributed by atoms with van der Waals surface area (Å²) in [6.07, 6.45) is 9.68. The van der Waals surface area contributed by atoms with Crippen LogP contribution >= 0.6 is 0 Å². The maximum atomic E-state index is 13.2. The van der Waals surface area contributed by atoms with E-state index in [4.69, 9.17) is 4.74 Å². The number of benzene rings is 1. The molecule has 162 valence electrons. The minimum atomic E-state index is -0.226. The smallest absolute Gasteiger partial charge is 0.221 e. The molecule has 2 aromatic rings. The number of aryl methyl sites for hydroxylation is 1. The Kier molecular flexibility index (Phi) is 5.96. The van der Waals surface area contributed by atoms with Crippen LogP contribution in [-0.4, -0.2) is 38.9 Å². The van der Waals surface area contributed by atoms with Crippen molar-refractivity contribution in [2.24, 2.45) is 0 Å². The second-order valence-electron chi connectivity index (χ2n) is 9.76. The van der Waals surface area contributed by atoms with E-state index in [9.17, 15) is 4.79 Å². The molecule has 1 aromatic carbocycles. The first-order valence-electron chi connectivity index (χ1n) is 11.2. The van der Waals surface area contributed by atoms with Gasteiger partial charge in [-0.25, -0.2) is 9.67 Å². The fourth-order valence-electron chi connectivity index (χ4n) is 5.60. The van der Waals surface area contributed by atoms with Crippen LogP contribution in [0.3, 0.4) is 0 Å². The van der Waals surface area contributed by atoms with Crippen LogP contribution in [-0.2, 0) is 14.9 Å². The van der Waals surface area contributed by atoms with Crippen LogP contribution in [0.1, 0.15) is 76.0 Å². The summed E-state index contributed by atoms with van der Waals surface area (Å²) in [5, 5.41) is 7.62. The summed E-state index contributed by atoms with van der Waals surface area (Å²) < 4.78 is 7.97. The van der Waals surface area contributed by atoms with Crippen molar-refractivity contribution in [3.63, 3.8) is 0 Å². The van der Waals surface area contributed by atoms with E-state index >= 15 is 0 Å². The molecular weight excluding hydrogens is 376 g/mol. The first kappa shape index (κ1) is 21.0. The molecule has 2 heterocycles. The van der Waals surface area contributed by atoms with Crippen molar-refractivity contribution in [1.82, 2.24) is 20.1 Å². The van der Waals surface area contributed by atoms with Crippen LogP contribution in [0.5, 0.6) is 0 Å². The second-order valence-corrected chi connectivity index (χ2v) is 9.76. The summed E-state index contributed by atoms with van der Waals surface area (Å²) in [7, 11) is 0. The SMILES string of the molecule is Cc1ccccc1C1(CC(=O)NC2CCC(n3cncn3)CC2)CCOC(C)(C)C1. The van der Waals surface area contributed by atoms with Crippen LogP contribution in [0.4, 0.5) is 0 Å². The predicted molar refractivity (Wildman–Crippen MR) is 116 cm³/mol. The Bertz CT molecular complexity index is 856. The highest BCUT2D eigenvalue weighted by atomic mass is 16.5. The number of aromatic nitrogens is 3. The molecule has 0 bridgehead atoms. The Morgan fingerprint density at radius 1 is 1.23 bits per heavy atom. The molecule has 6 heteroatoms. The summed E-state index contributed by atoms with van der Waals surface area (Å²) in [4.78, 5) is 17.3. The zero-order valence-electron chi connectivity index (χ0n) is 18.4. The third kappa shape index (κ3) is 4.59. The lowest BCUT2D eigenvalue weighted by atomic mass is 9.66. The van der Waals surface area contributed by atoms with Gasteiger partial charge in [0.25, 0.3) is 0 Å². The molecule has 1 N–H and O–H groups in total. The largest absolute Gasteiger partial charge is 0.376 e. The molecule has 2 fully saturated rings. The fourth-order valence-corrected chi connectivity index (χ4v) is 5.60. The van der Waals surface area contributed by atoms with Gasteiger partial charge in [0.05, 0.1) is 11.6 Å². The van der Waals surface area contributed by atoms with Crippen molar-refractivity contribution in [3.05, 3.63) is 48.0 Å². The fraction of sp³-hybridized carbons (Fsp3) is 0.625. The van der Waals surface area contributed by atoms with E-state index in [1.807, 2.05) is 4.68 Å². The van der Waals surface area contributed by atoms with Crippen molar-refractivity contribution in [2.75, 3.05) is 6.61 Å². The quantitative estimate of drug-likeness (QED) is 0.806. The maximum absolute atomic E-state index is 13.2. The van der Waals surface area contributed by atoms with Gasteiger partial charge in [0, 0.05) is 24.5 Å². The number of ether oxygens (including phenoxy) is 1. The number of amides is 1. The molecule has 4 rings (SSSR count). The monoisotopic (exact) mass is 410 g/mol. The normalized spacial score (nSPS) is 28.8. The number of carbonyl (C=O) groups excluding carboxylic acids is 1. The minimum Gasteiger partial charge on any atom is -0.376 e. The molecule has 1 aliphatic carbocycles. The van der Waals surface area contributed by atoms with Crippen molar-refractivity contribution >= 4 is 5.91 Å². The maximum Gasteiger partial charge on any atom is 0.221 e. The molecule has 6 nitrogen and oxygen atoms in total. The van der Waals surface area contributed by atoms with E-state index in [0.29, 0.717) is 19.1 Å². The van der Waals surface area contributed by atoms with Gasteiger partial charge in [-0.3, -0.25) is 4.79 Å². The molecule has 30 heavy (non-hydrogen) atoms. The van der Waals surface area contributed by atoms with Crippen molar-refractivity contribution in [3.8, 4) is 0 Å². The Labute approximate surface area is 179 Å². The predicted octanol–water partition coefficient (Wildman–Crippen LogP) is 4.10. The summed E-state index contributed by atoms with van der Waals surface area (Å²) in [6, 6.07) is 9.17. The van der Waals surface area contributed by atoms with Crippen LogP contribution in [0, 0.1) is 6.92 Å². The molecule has 2 aliphatic rings. The van der Waals surface area contributed by atoms with Crippen molar-refractivity contribution < 1.29 is 9.53 Å².